The van der Waals surface area contributed by atoms with Gasteiger partial charge in [-0.1, -0.05) is 53.3 Å². The number of urea groups is 2. The second-order valence-corrected chi connectivity index (χ2v) is 13.9. The third kappa shape index (κ3) is 7.61. The molecule has 0 unspecified atom stereocenters. The Bertz CT molecular complexity index is 2330. The van der Waals surface area contributed by atoms with Crippen LogP contribution in [0, 0.1) is 30.2 Å². The highest BCUT2D eigenvalue weighted by Gasteiger charge is 2.35. The monoisotopic (exact) mass is 811 g/mol. The number of carbonyl (C=O) groups is 3. The number of carbonyl (C=O) groups excluding carboxylic acids is 3. The second kappa shape index (κ2) is 16.1. The number of anilines is 4. The summed E-state index contributed by atoms with van der Waals surface area (Å²) in [7, 11) is 3.33. The first-order chi connectivity index (χ1) is 26.2. The van der Waals surface area contributed by atoms with Crippen LogP contribution in [-0.4, -0.2) is 69.4 Å². The Hall–Kier alpha value is -5.46. The van der Waals surface area contributed by atoms with Gasteiger partial charge in [-0.3, -0.25) is 4.79 Å². The lowest BCUT2D eigenvalue weighted by molar-refractivity contribution is 0.0827. The maximum Gasteiger partial charge on any atom is 0.328 e. The van der Waals surface area contributed by atoms with Gasteiger partial charge in [-0.15, -0.1) is 0 Å². The molecule has 0 aliphatic carbocycles. The molecule has 0 fully saturated rings. The summed E-state index contributed by atoms with van der Waals surface area (Å²) in [5.41, 5.74) is 2.35. The average molecular weight is 812 g/mol. The van der Waals surface area contributed by atoms with E-state index in [4.69, 9.17) is 11.6 Å². The number of aryl methyl sites for hydroxylation is 1. The van der Waals surface area contributed by atoms with Crippen molar-refractivity contribution < 1.29 is 31.9 Å². The predicted octanol–water partition coefficient (Wildman–Crippen LogP) is 8.01. The second-order valence-electron chi connectivity index (χ2n) is 12.0. The molecule has 0 spiro atoms. The molecule has 0 atom stereocenters. The number of hydrogen-bond donors (Lipinski definition) is 2. The molecule has 2 aromatic heterocycles. The number of thioether (sulfide) groups is 2. The van der Waals surface area contributed by atoms with Crippen molar-refractivity contribution in [3.63, 3.8) is 0 Å². The van der Waals surface area contributed by atoms with Gasteiger partial charge in [0.25, 0.3) is 5.91 Å². The topological polar surface area (TPSA) is 137 Å². The minimum Gasteiger partial charge on any atom is -0.345 e. The van der Waals surface area contributed by atoms with Gasteiger partial charge >= 0.3 is 12.1 Å². The highest BCUT2D eigenvalue weighted by Crippen LogP contribution is 2.40. The zero-order chi connectivity index (χ0) is 39.7. The van der Waals surface area contributed by atoms with E-state index in [0.29, 0.717) is 38.3 Å². The van der Waals surface area contributed by atoms with E-state index in [0.717, 1.165) is 39.6 Å². The number of benzene rings is 3. The number of rotatable bonds is 6. The van der Waals surface area contributed by atoms with E-state index in [1.165, 1.54) is 40.6 Å². The smallest absolute Gasteiger partial charge is 0.328 e. The van der Waals surface area contributed by atoms with E-state index in [9.17, 15) is 31.9 Å². The normalized spacial score (nSPS) is 13.3. The molecule has 2 N–H and O–H groups in total. The molecule has 5 amide bonds. The largest absolute Gasteiger partial charge is 0.345 e. The fourth-order valence-electron chi connectivity index (χ4n) is 5.74. The molecule has 7 rings (SSSR count). The molecular weight excluding hydrogens is 782 g/mol. The van der Waals surface area contributed by atoms with Crippen LogP contribution < -0.4 is 20.4 Å². The van der Waals surface area contributed by atoms with Crippen molar-refractivity contribution in [2.45, 2.75) is 30.3 Å². The van der Waals surface area contributed by atoms with Gasteiger partial charge in [0.1, 0.15) is 39.8 Å². The number of amides is 5. The number of para-hydroxylation sites is 2. The summed E-state index contributed by atoms with van der Waals surface area (Å²) in [4.78, 5) is 58.0. The maximum absolute atomic E-state index is 14.6. The number of fused-ring (bicyclic) bond motifs is 2. The Labute approximate surface area is 325 Å². The zero-order valence-corrected chi connectivity index (χ0v) is 32.1. The van der Waals surface area contributed by atoms with Gasteiger partial charge in [0.15, 0.2) is 21.9 Å². The summed E-state index contributed by atoms with van der Waals surface area (Å²) >= 11 is 8.52. The summed E-state index contributed by atoms with van der Waals surface area (Å²) in [6.07, 6.45) is 3.50. The van der Waals surface area contributed by atoms with E-state index in [1.807, 2.05) is 13.0 Å². The van der Waals surface area contributed by atoms with Crippen LogP contribution in [0.1, 0.15) is 27.0 Å². The van der Waals surface area contributed by atoms with Crippen molar-refractivity contribution in [1.82, 2.24) is 35.5 Å². The molecule has 19 heteroatoms. The molecule has 2 aliphatic rings. The Morgan fingerprint density at radius 1 is 0.745 bits per heavy atom. The molecule has 4 heterocycles. The van der Waals surface area contributed by atoms with Crippen LogP contribution in [0.2, 0.25) is 5.15 Å². The molecule has 2 aliphatic heterocycles. The van der Waals surface area contributed by atoms with Crippen LogP contribution in [0.5, 0.6) is 0 Å². The number of halogens is 5. The highest BCUT2D eigenvalue weighted by atomic mass is 35.5. The molecule has 0 bridgehead atoms. The Morgan fingerprint density at radius 2 is 1.22 bits per heavy atom. The number of nitrogens with zero attached hydrogens (tertiary/aromatic N) is 7. The van der Waals surface area contributed by atoms with Crippen molar-refractivity contribution in [1.29, 1.82) is 0 Å². The third-order valence-corrected chi connectivity index (χ3v) is 9.78. The van der Waals surface area contributed by atoms with Gasteiger partial charge in [0, 0.05) is 30.8 Å². The molecule has 284 valence electrons. The van der Waals surface area contributed by atoms with Gasteiger partial charge in [-0.25, -0.2) is 56.9 Å². The molecule has 3 aromatic carbocycles. The van der Waals surface area contributed by atoms with Gasteiger partial charge < -0.3 is 15.5 Å². The Balaban J connectivity index is 0.000000203. The minimum absolute atomic E-state index is 0.0655. The number of aromatic nitrogens is 4. The Morgan fingerprint density at radius 3 is 1.71 bits per heavy atom. The summed E-state index contributed by atoms with van der Waals surface area (Å²) in [5, 5.41) is 5.92. The Kier molecular flexibility index (Phi) is 11.5. The van der Waals surface area contributed by atoms with E-state index < -0.39 is 46.7 Å². The lowest BCUT2D eigenvalue weighted by atomic mass is 9.97. The predicted molar refractivity (Wildman–Crippen MR) is 202 cm³/mol. The van der Waals surface area contributed by atoms with Crippen molar-refractivity contribution >= 4 is 76.1 Å². The van der Waals surface area contributed by atoms with Crippen molar-refractivity contribution in [3.8, 4) is 11.3 Å². The maximum atomic E-state index is 14.6. The standard InChI is InChI=1S/C23H21F2N5O2S.C13H9ClF2N4OS/c1-12-8-9-13(21(31)29(2)3)10-14(12)18-15-11-26-23(32)30(20(15)28-22(27-18)33-4)19-16(24)6-5-7-17(19)25;1-22-12-18-10(14)6-5-17-13(21)20(11(6)19-12)9-7(15)3-2-4-8(9)16/h5-10H,11H2,1-4H3,(H,26,32);2-4H,5H2,1H3,(H,17,21). The van der Waals surface area contributed by atoms with E-state index in [-0.39, 0.29) is 35.8 Å². The van der Waals surface area contributed by atoms with E-state index in [1.54, 1.807) is 38.7 Å². The fourth-order valence-corrected chi connectivity index (χ4v) is 6.74. The first-order valence-corrected chi connectivity index (χ1v) is 19.0. The molecule has 0 saturated heterocycles. The molecule has 0 saturated carbocycles. The highest BCUT2D eigenvalue weighted by molar-refractivity contribution is 7.98. The minimum atomic E-state index is -0.890. The summed E-state index contributed by atoms with van der Waals surface area (Å²) < 4.78 is 57.4. The lowest BCUT2D eigenvalue weighted by Crippen LogP contribution is -2.43. The number of nitrogens with one attached hydrogen (secondary N) is 2. The zero-order valence-electron chi connectivity index (χ0n) is 29.7. The van der Waals surface area contributed by atoms with Crippen molar-refractivity contribution in [2.75, 3.05) is 36.4 Å². The van der Waals surface area contributed by atoms with Crippen molar-refractivity contribution in [2.24, 2.45) is 0 Å². The lowest BCUT2D eigenvalue weighted by Gasteiger charge is -2.30. The SMILES string of the molecule is CSc1nc(-c2cc(C(=O)N(C)C)ccc2C)c2c(n1)N(c1c(F)cccc1F)C(=O)NC2.CSc1nc(Cl)c2c(n1)N(c1c(F)cccc1F)C(=O)NC2. The van der Waals surface area contributed by atoms with Gasteiger partial charge in [0.2, 0.25) is 0 Å². The summed E-state index contributed by atoms with van der Waals surface area (Å²) in [6, 6.07) is 10.6. The molecule has 55 heavy (non-hydrogen) atoms. The van der Waals surface area contributed by atoms with Gasteiger partial charge in [0.05, 0.1) is 24.3 Å². The van der Waals surface area contributed by atoms with Gasteiger partial charge in [-0.2, -0.15) is 0 Å². The molecule has 0 radical (unpaired) electrons. The van der Waals surface area contributed by atoms with E-state index >= 15 is 0 Å². The van der Waals surface area contributed by atoms with Crippen LogP contribution >= 0.6 is 35.1 Å². The van der Waals surface area contributed by atoms with Gasteiger partial charge in [-0.05, 0) is 61.4 Å². The average Bonchev–Trinajstić information content (AvgIpc) is 3.15. The fraction of sp³-hybridized carbons (Fsp3) is 0.194. The molecule has 12 nitrogen and oxygen atoms in total. The van der Waals surface area contributed by atoms with Crippen LogP contribution in [0.15, 0.2) is 64.9 Å². The van der Waals surface area contributed by atoms with Crippen LogP contribution in [0.3, 0.4) is 0 Å². The molecule has 5 aromatic rings. The summed E-state index contributed by atoms with van der Waals surface area (Å²) in [5.74, 6) is -3.52. The van der Waals surface area contributed by atoms with E-state index in [2.05, 4.69) is 30.6 Å². The van der Waals surface area contributed by atoms with Crippen LogP contribution in [-0.2, 0) is 13.1 Å². The van der Waals surface area contributed by atoms with Crippen LogP contribution in [0.25, 0.3) is 11.3 Å². The summed E-state index contributed by atoms with van der Waals surface area (Å²) in [6.45, 7) is 2.03. The van der Waals surface area contributed by atoms with Crippen molar-refractivity contribution in [3.05, 3.63) is 105 Å². The van der Waals surface area contributed by atoms with Crippen LogP contribution in [0.4, 0.5) is 50.2 Å². The quantitative estimate of drug-likeness (QED) is 0.0757. The first kappa shape index (κ1) is 39.2. The number of hydrogen-bond acceptors (Lipinski definition) is 9. The molecular formula is C36H30ClF4N9O3S2. The third-order valence-electron chi connectivity index (χ3n) is 8.37. The first-order valence-electron chi connectivity index (χ1n) is 16.2.